The lowest BCUT2D eigenvalue weighted by Crippen LogP contribution is -2.36. The molecule has 0 amide bonds. The van der Waals surface area contributed by atoms with Crippen molar-refractivity contribution in [1.29, 1.82) is 0 Å². The minimum Gasteiger partial charge on any atom is -0.355 e. The molecule has 0 rings (SSSR count). The van der Waals surface area contributed by atoms with Crippen molar-refractivity contribution >= 4 is 33.6 Å². The molecule has 0 saturated carbocycles. The van der Waals surface area contributed by atoms with Crippen LogP contribution in [-0.4, -0.2) is 25.0 Å². The number of rotatable bonds is 12. The fraction of sp³-hybridized carbons (Fsp3) is 1.00. The first-order valence-electron chi connectivity index (χ1n) is 8.84. The SMILES string of the molecule is CCC[Si](C)(C)OP(O[Si](C)(C)CCC)O[Si](C)(C)CCC. The molecule has 0 aromatic rings. The third-order valence-corrected chi connectivity index (χ3v) is 16.4. The molecule has 7 heteroatoms. The Balaban J connectivity index is 4.98. The topological polar surface area (TPSA) is 27.7 Å². The maximum Gasteiger partial charge on any atom is 0.300 e. The minimum atomic E-state index is -1.69. The molecule has 0 aromatic heterocycles. The second-order valence-electron chi connectivity index (χ2n) is 8.03. The summed E-state index contributed by atoms with van der Waals surface area (Å²) >= 11 is 0. The summed E-state index contributed by atoms with van der Waals surface area (Å²) in [5.41, 5.74) is 0. The molecule has 0 spiro atoms. The highest BCUT2D eigenvalue weighted by Crippen LogP contribution is 2.50. The van der Waals surface area contributed by atoms with Gasteiger partial charge in [-0.15, -0.1) is 0 Å². The van der Waals surface area contributed by atoms with E-state index in [1.54, 1.807) is 0 Å². The van der Waals surface area contributed by atoms with Crippen LogP contribution in [-0.2, 0) is 12.6 Å². The molecular formula is C15H39O3PSi3. The van der Waals surface area contributed by atoms with Crippen LogP contribution in [0.5, 0.6) is 0 Å². The van der Waals surface area contributed by atoms with E-state index >= 15 is 0 Å². The van der Waals surface area contributed by atoms with Crippen molar-refractivity contribution in [1.82, 2.24) is 0 Å². The van der Waals surface area contributed by atoms with Gasteiger partial charge < -0.3 is 12.6 Å². The van der Waals surface area contributed by atoms with Gasteiger partial charge in [0.25, 0.3) is 8.60 Å². The average molecular weight is 383 g/mol. The van der Waals surface area contributed by atoms with E-state index in [1.807, 2.05) is 0 Å². The molecule has 0 aliphatic carbocycles. The maximum atomic E-state index is 6.47. The van der Waals surface area contributed by atoms with Gasteiger partial charge in [0.2, 0.25) is 0 Å². The Morgan fingerprint density at radius 3 is 0.955 bits per heavy atom. The quantitative estimate of drug-likeness (QED) is 0.266. The van der Waals surface area contributed by atoms with Crippen molar-refractivity contribution in [2.75, 3.05) is 0 Å². The Labute approximate surface area is 143 Å². The summed E-state index contributed by atoms with van der Waals surface area (Å²) in [7, 11) is -6.24. The zero-order valence-corrected chi connectivity index (χ0v) is 20.3. The maximum absolute atomic E-state index is 6.47. The third-order valence-electron chi connectivity index (χ3n) is 3.52. The van der Waals surface area contributed by atoms with Crippen LogP contribution in [0.1, 0.15) is 40.0 Å². The predicted molar refractivity (Wildman–Crippen MR) is 108 cm³/mol. The van der Waals surface area contributed by atoms with Gasteiger partial charge in [0.1, 0.15) is 0 Å². The molecule has 0 aliphatic heterocycles. The zero-order chi connectivity index (χ0) is 17.4. The van der Waals surface area contributed by atoms with Gasteiger partial charge >= 0.3 is 0 Å². The van der Waals surface area contributed by atoms with Crippen LogP contribution < -0.4 is 0 Å². The molecule has 0 radical (unpaired) electrons. The molecule has 0 saturated heterocycles. The molecule has 0 N–H and O–H groups in total. The monoisotopic (exact) mass is 382 g/mol. The van der Waals surface area contributed by atoms with Gasteiger partial charge in [0.05, 0.1) is 0 Å². The smallest absolute Gasteiger partial charge is 0.300 e. The first-order chi connectivity index (χ1) is 9.97. The largest absolute Gasteiger partial charge is 0.355 e. The summed E-state index contributed by atoms with van der Waals surface area (Å²) in [6, 6.07) is 3.51. The minimum absolute atomic E-state index is 1.17. The summed E-state index contributed by atoms with van der Waals surface area (Å²) in [5, 5.41) is 0. The Kier molecular flexibility index (Phi) is 10.5. The predicted octanol–water partition coefficient (Wildman–Crippen LogP) is 7.11. The third kappa shape index (κ3) is 10.7. The van der Waals surface area contributed by atoms with Crippen LogP contribution >= 0.6 is 8.60 Å². The summed E-state index contributed by atoms with van der Waals surface area (Å²) in [5.74, 6) is 0. The molecule has 0 fully saturated rings. The zero-order valence-electron chi connectivity index (χ0n) is 16.4. The highest BCUT2D eigenvalue weighted by atomic mass is 31.2. The van der Waals surface area contributed by atoms with Crippen molar-refractivity contribution in [3.8, 4) is 0 Å². The van der Waals surface area contributed by atoms with Gasteiger partial charge in [0.15, 0.2) is 25.0 Å². The molecule has 3 nitrogen and oxygen atoms in total. The van der Waals surface area contributed by atoms with Gasteiger partial charge in [-0.2, -0.15) is 0 Å². The van der Waals surface area contributed by atoms with E-state index in [9.17, 15) is 0 Å². The van der Waals surface area contributed by atoms with Crippen LogP contribution in [0, 0.1) is 0 Å². The molecule has 0 aliphatic rings. The lowest BCUT2D eigenvalue weighted by Gasteiger charge is -2.36. The van der Waals surface area contributed by atoms with Gasteiger partial charge in [-0.3, -0.25) is 0 Å². The normalized spacial score (nSPS) is 13.9. The standard InChI is InChI=1S/C15H39O3PSi3/c1-10-13-20(4,5)16-19(17-21(6,7)14-11-2)18-22(8,9)15-12-3/h10-15H2,1-9H3. The molecule has 134 valence electrons. The average Bonchev–Trinajstić information content (AvgIpc) is 2.25. The second-order valence-corrected chi connectivity index (χ2v) is 22.7. The van der Waals surface area contributed by atoms with Crippen LogP contribution in [0.3, 0.4) is 0 Å². The first kappa shape index (κ1) is 23.0. The lowest BCUT2D eigenvalue weighted by atomic mass is 10.6. The van der Waals surface area contributed by atoms with E-state index in [2.05, 4.69) is 60.1 Å². The summed E-state index contributed by atoms with van der Waals surface area (Å²) < 4.78 is 19.4. The number of hydrogen-bond donors (Lipinski definition) is 0. The molecule has 0 heterocycles. The molecule has 0 aromatic carbocycles. The van der Waals surface area contributed by atoms with E-state index < -0.39 is 33.6 Å². The summed E-state index contributed by atoms with van der Waals surface area (Å²) in [4.78, 5) is 0. The highest BCUT2D eigenvalue weighted by molar-refractivity contribution is 7.47. The molecule has 22 heavy (non-hydrogen) atoms. The summed E-state index contributed by atoms with van der Waals surface area (Å²) in [6.07, 6.45) is 3.52. The van der Waals surface area contributed by atoms with E-state index in [-0.39, 0.29) is 0 Å². The van der Waals surface area contributed by atoms with E-state index in [4.69, 9.17) is 12.6 Å². The van der Waals surface area contributed by atoms with Crippen LogP contribution in [0.15, 0.2) is 0 Å². The Morgan fingerprint density at radius 1 is 0.545 bits per heavy atom. The molecule has 0 unspecified atom stereocenters. The Morgan fingerprint density at radius 2 is 0.773 bits per heavy atom. The van der Waals surface area contributed by atoms with Crippen molar-refractivity contribution in [3.63, 3.8) is 0 Å². The highest BCUT2D eigenvalue weighted by Gasteiger charge is 2.37. The van der Waals surface area contributed by atoms with Crippen molar-refractivity contribution in [3.05, 3.63) is 0 Å². The van der Waals surface area contributed by atoms with Gasteiger partial charge in [0, 0.05) is 0 Å². The van der Waals surface area contributed by atoms with Gasteiger partial charge in [-0.1, -0.05) is 40.0 Å². The first-order valence-corrected chi connectivity index (χ1v) is 19.3. The Bertz CT molecular complexity index is 265. The molecular weight excluding hydrogens is 343 g/mol. The van der Waals surface area contributed by atoms with Gasteiger partial charge in [-0.25, -0.2) is 0 Å². The molecule has 0 bridgehead atoms. The van der Waals surface area contributed by atoms with E-state index in [0.29, 0.717) is 0 Å². The summed E-state index contributed by atoms with van der Waals surface area (Å²) in [6.45, 7) is 20.4. The van der Waals surface area contributed by atoms with Crippen molar-refractivity contribution in [2.24, 2.45) is 0 Å². The van der Waals surface area contributed by atoms with Crippen molar-refractivity contribution < 1.29 is 12.6 Å². The van der Waals surface area contributed by atoms with Crippen LogP contribution in [0.4, 0.5) is 0 Å². The van der Waals surface area contributed by atoms with Gasteiger partial charge in [-0.05, 0) is 57.4 Å². The fourth-order valence-electron chi connectivity index (χ4n) is 2.60. The van der Waals surface area contributed by atoms with Crippen LogP contribution in [0.2, 0.25) is 57.4 Å². The number of hydrogen-bond acceptors (Lipinski definition) is 3. The molecule has 0 atom stereocenters. The fourth-order valence-corrected chi connectivity index (χ4v) is 13.6. The van der Waals surface area contributed by atoms with E-state index in [1.165, 1.54) is 37.4 Å². The van der Waals surface area contributed by atoms with Crippen molar-refractivity contribution in [2.45, 2.75) is 97.4 Å². The van der Waals surface area contributed by atoms with E-state index in [0.717, 1.165) is 0 Å². The lowest BCUT2D eigenvalue weighted by molar-refractivity contribution is 0.375. The second kappa shape index (κ2) is 10.1. The Hall–Kier alpha value is 0.961. The van der Waals surface area contributed by atoms with Crippen LogP contribution in [0.25, 0.3) is 0 Å².